The van der Waals surface area contributed by atoms with Crippen molar-refractivity contribution >= 4 is 12.2 Å². The van der Waals surface area contributed by atoms with E-state index in [-0.39, 0.29) is 18.2 Å². The number of guanidine groups is 1. The molecule has 23 heavy (non-hydrogen) atoms. The summed E-state index contributed by atoms with van der Waals surface area (Å²) in [5.41, 5.74) is 11.3. The molecule has 7 heteroatoms. The van der Waals surface area contributed by atoms with Crippen molar-refractivity contribution in [3.8, 4) is 5.75 Å². The topological polar surface area (TPSA) is 98.5 Å². The molecule has 1 aromatic carbocycles. The zero-order valence-corrected chi connectivity index (χ0v) is 13.7. The lowest BCUT2D eigenvalue weighted by molar-refractivity contribution is -0.0699. The summed E-state index contributed by atoms with van der Waals surface area (Å²) in [6.45, 7) is 7.66. The van der Waals surface area contributed by atoms with E-state index in [1.54, 1.807) is 6.21 Å². The first-order chi connectivity index (χ1) is 11.0. The second-order valence-electron chi connectivity index (χ2n) is 5.70. The monoisotopic (exact) mass is 319 g/mol. The van der Waals surface area contributed by atoms with Gasteiger partial charge < -0.3 is 20.9 Å². The molecule has 0 saturated carbocycles. The predicted molar refractivity (Wildman–Crippen MR) is 91.8 cm³/mol. The molecule has 1 aromatic rings. The van der Waals surface area contributed by atoms with E-state index in [0.29, 0.717) is 6.61 Å². The summed E-state index contributed by atoms with van der Waals surface area (Å²) >= 11 is 0. The van der Waals surface area contributed by atoms with Gasteiger partial charge in [-0.05, 0) is 43.7 Å². The molecule has 126 valence electrons. The minimum Gasteiger partial charge on any atom is -0.492 e. The Morgan fingerprint density at radius 2 is 1.91 bits per heavy atom. The molecular formula is C16H25N5O2. The Morgan fingerprint density at radius 3 is 2.52 bits per heavy atom. The van der Waals surface area contributed by atoms with Crippen LogP contribution in [0.5, 0.6) is 5.75 Å². The minimum absolute atomic E-state index is 0.0621. The van der Waals surface area contributed by atoms with Gasteiger partial charge in [0.25, 0.3) is 0 Å². The molecule has 0 aromatic heterocycles. The fourth-order valence-corrected chi connectivity index (χ4v) is 2.57. The third-order valence-electron chi connectivity index (χ3n) is 3.43. The van der Waals surface area contributed by atoms with Gasteiger partial charge in [-0.3, -0.25) is 4.90 Å². The highest BCUT2D eigenvalue weighted by Crippen LogP contribution is 2.13. The highest BCUT2D eigenvalue weighted by Gasteiger charge is 2.21. The predicted octanol–water partition coefficient (Wildman–Crippen LogP) is 0.782. The maximum atomic E-state index is 5.78. The van der Waals surface area contributed by atoms with E-state index in [1.807, 2.05) is 24.3 Å². The van der Waals surface area contributed by atoms with Crippen molar-refractivity contribution in [2.75, 3.05) is 26.2 Å². The molecule has 2 atom stereocenters. The molecule has 1 saturated heterocycles. The van der Waals surface area contributed by atoms with E-state index in [1.165, 1.54) is 0 Å². The molecule has 2 unspecified atom stereocenters. The molecule has 0 spiro atoms. The third-order valence-corrected chi connectivity index (χ3v) is 3.43. The summed E-state index contributed by atoms with van der Waals surface area (Å²) in [5.74, 6) is 0.770. The van der Waals surface area contributed by atoms with E-state index in [2.05, 4.69) is 29.0 Å². The quantitative estimate of drug-likeness (QED) is 0.459. The van der Waals surface area contributed by atoms with Crippen molar-refractivity contribution < 1.29 is 9.47 Å². The summed E-state index contributed by atoms with van der Waals surface area (Å²) in [7, 11) is 0. The van der Waals surface area contributed by atoms with Gasteiger partial charge >= 0.3 is 0 Å². The second-order valence-corrected chi connectivity index (χ2v) is 5.70. The first-order valence-corrected chi connectivity index (χ1v) is 7.75. The molecule has 1 heterocycles. The van der Waals surface area contributed by atoms with Crippen molar-refractivity contribution in [1.29, 1.82) is 0 Å². The molecule has 0 amide bonds. The molecule has 4 N–H and O–H groups in total. The van der Waals surface area contributed by atoms with Crippen LogP contribution >= 0.6 is 0 Å². The number of hydrogen-bond donors (Lipinski definition) is 2. The average molecular weight is 319 g/mol. The van der Waals surface area contributed by atoms with Crippen LogP contribution in [0.3, 0.4) is 0 Å². The first-order valence-electron chi connectivity index (χ1n) is 7.75. The van der Waals surface area contributed by atoms with Crippen molar-refractivity contribution in [1.82, 2.24) is 4.90 Å². The molecule has 1 fully saturated rings. The van der Waals surface area contributed by atoms with Crippen LogP contribution in [0.4, 0.5) is 0 Å². The molecular weight excluding hydrogens is 294 g/mol. The maximum absolute atomic E-state index is 5.78. The number of rotatable bonds is 6. The van der Waals surface area contributed by atoms with E-state index >= 15 is 0 Å². The Balaban J connectivity index is 1.76. The number of morpholine rings is 1. The van der Waals surface area contributed by atoms with Crippen molar-refractivity contribution in [3.63, 3.8) is 0 Å². The van der Waals surface area contributed by atoms with Crippen LogP contribution in [0, 0.1) is 0 Å². The van der Waals surface area contributed by atoms with Gasteiger partial charge in [-0.25, -0.2) is 0 Å². The molecule has 2 rings (SSSR count). The summed E-state index contributed by atoms with van der Waals surface area (Å²) in [4.78, 5) is 2.37. The fraction of sp³-hybridized carbons (Fsp3) is 0.500. The Kier molecular flexibility index (Phi) is 6.37. The van der Waals surface area contributed by atoms with Crippen LogP contribution in [0.15, 0.2) is 34.5 Å². The van der Waals surface area contributed by atoms with Gasteiger partial charge in [0, 0.05) is 19.6 Å². The van der Waals surface area contributed by atoms with Crippen LogP contribution in [-0.2, 0) is 4.74 Å². The van der Waals surface area contributed by atoms with Crippen molar-refractivity contribution in [2.45, 2.75) is 26.1 Å². The zero-order chi connectivity index (χ0) is 16.7. The number of hydrogen-bond acceptors (Lipinski definition) is 5. The van der Waals surface area contributed by atoms with Gasteiger partial charge in [-0.1, -0.05) is 0 Å². The van der Waals surface area contributed by atoms with Crippen LogP contribution in [0.1, 0.15) is 19.4 Å². The van der Waals surface area contributed by atoms with Crippen molar-refractivity contribution in [2.24, 2.45) is 21.7 Å². The molecule has 7 nitrogen and oxygen atoms in total. The van der Waals surface area contributed by atoms with E-state index in [4.69, 9.17) is 20.9 Å². The molecule has 0 bridgehead atoms. The lowest BCUT2D eigenvalue weighted by Crippen LogP contribution is -2.46. The second kappa shape index (κ2) is 8.50. The normalized spacial score (nSPS) is 22.2. The third kappa shape index (κ3) is 6.25. The molecule has 1 aliphatic heterocycles. The van der Waals surface area contributed by atoms with Gasteiger partial charge in [-0.2, -0.15) is 5.10 Å². The smallest absolute Gasteiger partial charge is 0.211 e. The first kappa shape index (κ1) is 17.2. The Hall–Kier alpha value is -2.12. The highest BCUT2D eigenvalue weighted by molar-refractivity contribution is 5.81. The number of nitrogens with zero attached hydrogens (tertiary/aromatic N) is 3. The van der Waals surface area contributed by atoms with Crippen LogP contribution in [0.2, 0.25) is 0 Å². The van der Waals surface area contributed by atoms with Gasteiger partial charge in [0.1, 0.15) is 12.4 Å². The summed E-state index contributed by atoms with van der Waals surface area (Å²) < 4.78 is 11.5. The number of nitrogens with two attached hydrogens (primary N) is 2. The molecule has 0 aliphatic carbocycles. The number of benzene rings is 1. The van der Waals surface area contributed by atoms with E-state index < -0.39 is 0 Å². The Morgan fingerprint density at radius 1 is 1.26 bits per heavy atom. The zero-order valence-electron chi connectivity index (χ0n) is 13.7. The molecule has 1 aliphatic rings. The van der Waals surface area contributed by atoms with E-state index in [9.17, 15) is 0 Å². The van der Waals surface area contributed by atoms with Gasteiger partial charge in [0.15, 0.2) is 0 Å². The Labute approximate surface area is 137 Å². The van der Waals surface area contributed by atoms with Gasteiger partial charge in [-0.15, -0.1) is 5.10 Å². The largest absolute Gasteiger partial charge is 0.492 e. The van der Waals surface area contributed by atoms with Gasteiger partial charge in [0.2, 0.25) is 5.96 Å². The SMILES string of the molecule is CC1CN(CCOc2ccc(C=NN=C(N)N)cc2)CC(C)O1. The van der Waals surface area contributed by atoms with Crippen molar-refractivity contribution in [3.05, 3.63) is 29.8 Å². The maximum Gasteiger partial charge on any atom is 0.211 e. The summed E-state index contributed by atoms with van der Waals surface area (Å²) in [5, 5.41) is 7.31. The summed E-state index contributed by atoms with van der Waals surface area (Å²) in [6.07, 6.45) is 2.14. The van der Waals surface area contributed by atoms with Gasteiger partial charge in [0.05, 0.1) is 18.4 Å². The standard InChI is InChI=1S/C16H25N5O2/c1-12-10-21(11-13(2)23-12)7-8-22-15-5-3-14(4-6-15)9-19-20-16(17)18/h3-6,9,12-13H,7-8,10-11H2,1-2H3,(H4,17,18,20). The van der Waals surface area contributed by atoms with E-state index in [0.717, 1.165) is 30.9 Å². The average Bonchev–Trinajstić information content (AvgIpc) is 2.47. The Bertz CT molecular complexity index is 530. The highest BCUT2D eigenvalue weighted by atomic mass is 16.5. The summed E-state index contributed by atoms with van der Waals surface area (Å²) in [6, 6.07) is 7.61. The lowest BCUT2D eigenvalue weighted by atomic mass is 10.2. The van der Waals surface area contributed by atoms with Crippen LogP contribution in [-0.4, -0.2) is 55.5 Å². The molecule has 0 radical (unpaired) electrons. The number of ether oxygens (including phenoxy) is 2. The fourth-order valence-electron chi connectivity index (χ4n) is 2.57. The lowest BCUT2D eigenvalue weighted by Gasteiger charge is -2.35. The van der Waals surface area contributed by atoms with Crippen LogP contribution in [0.25, 0.3) is 0 Å². The minimum atomic E-state index is -0.0621. The van der Waals surface area contributed by atoms with Crippen LogP contribution < -0.4 is 16.2 Å².